The Morgan fingerprint density at radius 2 is 1.80 bits per heavy atom. The first kappa shape index (κ1) is 17.9. The van der Waals surface area contributed by atoms with Crippen molar-refractivity contribution in [3.63, 3.8) is 0 Å². The Kier molecular flexibility index (Phi) is 6.75. The predicted octanol–water partition coefficient (Wildman–Crippen LogP) is 1.63. The lowest BCUT2D eigenvalue weighted by Gasteiger charge is -2.23. The lowest BCUT2D eigenvalue weighted by Crippen LogP contribution is -2.45. The Labute approximate surface area is 117 Å². The summed E-state index contributed by atoms with van der Waals surface area (Å²) in [7, 11) is 0. The number of hydrogen-bond donors (Lipinski definition) is 3. The number of carboxylic acid groups (broad SMARTS) is 2. The van der Waals surface area contributed by atoms with Crippen LogP contribution in [-0.2, 0) is 14.3 Å². The van der Waals surface area contributed by atoms with E-state index in [0.29, 0.717) is 0 Å². The third-order valence-electron chi connectivity index (χ3n) is 2.31. The summed E-state index contributed by atoms with van der Waals surface area (Å²) in [4.78, 5) is 33.6. The fraction of sp³-hybridized carbons (Fsp3) is 0.615. The van der Waals surface area contributed by atoms with Gasteiger partial charge in [0.2, 0.25) is 0 Å². The van der Waals surface area contributed by atoms with Gasteiger partial charge in [-0.1, -0.05) is 6.08 Å². The number of alkyl carbamates (subject to hydrolysis) is 1. The van der Waals surface area contributed by atoms with Crippen molar-refractivity contribution in [2.45, 2.75) is 45.3 Å². The monoisotopic (exact) mass is 287 g/mol. The maximum Gasteiger partial charge on any atom is 0.408 e. The summed E-state index contributed by atoms with van der Waals surface area (Å²) in [6, 6.07) is -1.33. The van der Waals surface area contributed by atoms with E-state index in [2.05, 4.69) is 11.9 Å². The van der Waals surface area contributed by atoms with Crippen LogP contribution in [-0.4, -0.2) is 39.9 Å². The van der Waals surface area contributed by atoms with Gasteiger partial charge in [0.25, 0.3) is 0 Å². The van der Waals surface area contributed by atoms with E-state index in [9.17, 15) is 14.4 Å². The van der Waals surface area contributed by atoms with E-state index in [0.717, 1.165) is 0 Å². The third-order valence-corrected chi connectivity index (χ3v) is 2.31. The van der Waals surface area contributed by atoms with Crippen molar-refractivity contribution < 1.29 is 29.3 Å². The Bertz CT molecular complexity index is 385. The lowest BCUT2D eigenvalue weighted by atomic mass is 9.96. The van der Waals surface area contributed by atoms with Crippen molar-refractivity contribution in [1.29, 1.82) is 0 Å². The number of carbonyl (C=O) groups excluding carboxylic acids is 1. The van der Waals surface area contributed by atoms with E-state index in [-0.39, 0.29) is 12.8 Å². The fourth-order valence-electron chi connectivity index (χ4n) is 1.45. The van der Waals surface area contributed by atoms with Gasteiger partial charge < -0.3 is 20.3 Å². The molecule has 0 aromatic rings. The smallest absolute Gasteiger partial charge is 0.408 e. The Morgan fingerprint density at radius 1 is 1.25 bits per heavy atom. The zero-order chi connectivity index (χ0) is 15.9. The third kappa shape index (κ3) is 7.40. The molecular weight excluding hydrogens is 266 g/mol. The number of amides is 1. The van der Waals surface area contributed by atoms with Crippen LogP contribution in [0.3, 0.4) is 0 Å². The maximum absolute atomic E-state index is 11.5. The average molecular weight is 287 g/mol. The van der Waals surface area contributed by atoms with Crippen LogP contribution in [0.25, 0.3) is 0 Å². The highest BCUT2D eigenvalue weighted by Gasteiger charge is 2.29. The van der Waals surface area contributed by atoms with Gasteiger partial charge in [0.15, 0.2) is 0 Å². The van der Waals surface area contributed by atoms with Crippen molar-refractivity contribution in [3.05, 3.63) is 12.7 Å². The minimum absolute atomic E-state index is 0.120. The van der Waals surface area contributed by atoms with Gasteiger partial charge in [-0.3, -0.25) is 4.79 Å². The van der Waals surface area contributed by atoms with Crippen LogP contribution in [0.5, 0.6) is 0 Å². The van der Waals surface area contributed by atoms with Crippen molar-refractivity contribution in [2.75, 3.05) is 0 Å². The zero-order valence-corrected chi connectivity index (χ0v) is 11.9. The van der Waals surface area contributed by atoms with E-state index >= 15 is 0 Å². The Morgan fingerprint density at radius 3 is 2.15 bits per heavy atom. The molecule has 0 saturated heterocycles. The largest absolute Gasteiger partial charge is 0.481 e. The molecule has 0 rings (SSSR count). The first-order valence-electron chi connectivity index (χ1n) is 6.13. The minimum Gasteiger partial charge on any atom is -0.481 e. The van der Waals surface area contributed by atoms with E-state index in [1.165, 1.54) is 6.08 Å². The lowest BCUT2D eigenvalue weighted by molar-refractivity contribution is -0.144. The highest BCUT2D eigenvalue weighted by Crippen LogP contribution is 2.14. The number of allylic oxidation sites excluding steroid dienone is 1. The Hall–Kier alpha value is -2.05. The summed E-state index contributed by atoms with van der Waals surface area (Å²) in [5.41, 5.74) is -0.763. The van der Waals surface area contributed by atoms with Crippen LogP contribution in [0.2, 0.25) is 0 Å². The van der Waals surface area contributed by atoms with Crippen LogP contribution in [0, 0.1) is 5.92 Å². The summed E-state index contributed by atoms with van der Waals surface area (Å²) in [5, 5.41) is 20.2. The number of hydrogen-bond acceptors (Lipinski definition) is 4. The first-order valence-corrected chi connectivity index (χ1v) is 6.13. The normalized spacial score (nSPS) is 13.9. The second kappa shape index (κ2) is 7.52. The van der Waals surface area contributed by atoms with E-state index in [1.54, 1.807) is 20.8 Å². The van der Waals surface area contributed by atoms with Crippen LogP contribution in [0.4, 0.5) is 4.79 Å². The molecule has 20 heavy (non-hydrogen) atoms. The molecule has 0 unspecified atom stereocenters. The molecule has 0 aliphatic rings. The topological polar surface area (TPSA) is 113 Å². The van der Waals surface area contributed by atoms with Gasteiger partial charge in [0.05, 0.1) is 5.92 Å². The second-order valence-corrected chi connectivity index (χ2v) is 5.33. The highest BCUT2D eigenvalue weighted by atomic mass is 16.6. The molecular formula is C13H21NO6. The molecule has 0 aliphatic carbocycles. The molecule has 0 bridgehead atoms. The number of rotatable bonds is 7. The molecule has 0 spiro atoms. The fourth-order valence-corrected chi connectivity index (χ4v) is 1.45. The molecule has 0 radical (unpaired) electrons. The minimum atomic E-state index is -1.33. The van der Waals surface area contributed by atoms with Gasteiger partial charge >= 0.3 is 18.0 Å². The molecule has 1 amide bonds. The summed E-state index contributed by atoms with van der Waals surface area (Å²) < 4.78 is 4.94. The number of carboxylic acids is 2. The quantitative estimate of drug-likeness (QED) is 0.613. The zero-order valence-electron chi connectivity index (χ0n) is 11.9. The molecule has 114 valence electrons. The number of nitrogens with one attached hydrogen (secondary N) is 1. The molecule has 7 heteroatoms. The summed E-state index contributed by atoms with van der Waals surface area (Å²) in [5.74, 6) is -3.38. The van der Waals surface area contributed by atoms with Gasteiger partial charge in [-0.05, 0) is 33.6 Å². The van der Waals surface area contributed by atoms with Gasteiger partial charge in [-0.2, -0.15) is 0 Å². The Balaban J connectivity index is 4.73. The second-order valence-electron chi connectivity index (χ2n) is 5.33. The molecule has 3 N–H and O–H groups in total. The number of carbonyl (C=O) groups is 3. The molecule has 7 nitrogen and oxygen atoms in total. The maximum atomic E-state index is 11.5. The SMILES string of the molecule is C=CC[C@@H](C[C@@H](NC(=O)OC(C)(C)C)C(=O)O)C(=O)O. The molecule has 0 saturated carbocycles. The molecule has 0 heterocycles. The molecule has 2 atom stereocenters. The molecule has 0 aliphatic heterocycles. The highest BCUT2D eigenvalue weighted by molar-refractivity contribution is 5.81. The van der Waals surface area contributed by atoms with Crippen LogP contribution in [0.15, 0.2) is 12.7 Å². The van der Waals surface area contributed by atoms with Crippen LogP contribution < -0.4 is 5.32 Å². The van der Waals surface area contributed by atoms with Crippen molar-refractivity contribution in [1.82, 2.24) is 5.32 Å². The van der Waals surface area contributed by atoms with Gasteiger partial charge in [0, 0.05) is 0 Å². The summed E-state index contributed by atoms with van der Waals surface area (Å²) in [6.45, 7) is 8.34. The standard InChI is InChI=1S/C13H21NO6/c1-5-6-8(10(15)16)7-9(11(17)18)14-12(19)20-13(2,3)4/h5,8-9H,1,6-7H2,2-4H3,(H,14,19)(H,15,16)(H,17,18)/t8-,9+/m0/s1. The average Bonchev–Trinajstić information content (AvgIpc) is 2.24. The van der Waals surface area contributed by atoms with E-state index < -0.39 is 35.6 Å². The molecule has 0 fully saturated rings. The van der Waals surface area contributed by atoms with Crippen LogP contribution in [0.1, 0.15) is 33.6 Å². The number of aliphatic carboxylic acids is 2. The van der Waals surface area contributed by atoms with E-state index in [4.69, 9.17) is 14.9 Å². The van der Waals surface area contributed by atoms with Gasteiger partial charge in [-0.15, -0.1) is 6.58 Å². The van der Waals surface area contributed by atoms with Crippen LogP contribution >= 0.6 is 0 Å². The molecule has 0 aromatic heterocycles. The van der Waals surface area contributed by atoms with Crippen molar-refractivity contribution in [3.8, 4) is 0 Å². The molecule has 0 aromatic carbocycles. The summed E-state index contributed by atoms with van der Waals surface area (Å²) in [6.07, 6.45) is 0.378. The van der Waals surface area contributed by atoms with Crippen molar-refractivity contribution in [2.24, 2.45) is 5.92 Å². The first-order chi connectivity index (χ1) is 9.06. The summed E-state index contributed by atoms with van der Waals surface area (Å²) >= 11 is 0. The van der Waals surface area contributed by atoms with E-state index in [1.807, 2.05) is 0 Å². The van der Waals surface area contributed by atoms with Crippen molar-refractivity contribution >= 4 is 18.0 Å². The van der Waals surface area contributed by atoms with Gasteiger partial charge in [-0.25, -0.2) is 9.59 Å². The predicted molar refractivity (Wildman–Crippen MR) is 71.4 cm³/mol. The number of ether oxygens (including phenoxy) is 1. The van der Waals surface area contributed by atoms with Gasteiger partial charge in [0.1, 0.15) is 11.6 Å².